The summed E-state index contributed by atoms with van der Waals surface area (Å²) in [4.78, 5) is 10.5. The lowest BCUT2D eigenvalue weighted by molar-refractivity contribution is 0.225. The van der Waals surface area contributed by atoms with Crippen LogP contribution < -0.4 is 4.74 Å². The average molecular weight is 219 g/mol. The zero-order valence-electron chi connectivity index (χ0n) is 7.23. The maximum atomic E-state index is 10.5. The first-order valence-electron chi connectivity index (χ1n) is 3.65. The van der Waals surface area contributed by atoms with Crippen molar-refractivity contribution in [2.75, 3.05) is 0 Å². The van der Waals surface area contributed by atoms with Crippen LogP contribution in [0.1, 0.15) is 11.1 Å². The van der Waals surface area contributed by atoms with Crippen molar-refractivity contribution in [3.63, 3.8) is 0 Å². The van der Waals surface area contributed by atoms with Crippen molar-refractivity contribution >= 4 is 28.6 Å². The van der Waals surface area contributed by atoms with Gasteiger partial charge in [-0.3, -0.25) is 0 Å². The lowest BCUT2D eigenvalue weighted by atomic mass is 10.1. The fourth-order valence-corrected chi connectivity index (χ4v) is 1.54. The van der Waals surface area contributed by atoms with E-state index in [1.807, 2.05) is 0 Å². The van der Waals surface area contributed by atoms with Crippen LogP contribution in [0, 0.1) is 13.8 Å². The molecule has 0 heterocycles. The SMILES string of the molecule is Cc1cc(Cl)cc(C)c1OC(=O)Cl. The number of carbonyl (C=O) groups is 1. The molecule has 1 rings (SSSR count). The molecule has 1 aromatic carbocycles. The van der Waals surface area contributed by atoms with Gasteiger partial charge in [0.1, 0.15) is 5.75 Å². The van der Waals surface area contributed by atoms with Crippen LogP contribution in [0.3, 0.4) is 0 Å². The van der Waals surface area contributed by atoms with Gasteiger partial charge in [-0.25, -0.2) is 4.79 Å². The number of ether oxygens (including phenoxy) is 1. The molecule has 70 valence electrons. The van der Waals surface area contributed by atoms with Crippen LogP contribution in [0.2, 0.25) is 5.02 Å². The van der Waals surface area contributed by atoms with Gasteiger partial charge in [0.2, 0.25) is 0 Å². The number of rotatable bonds is 1. The Morgan fingerprint density at radius 1 is 1.31 bits per heavy atom. The van der Waals surface area contributed by atoms with E-state index < -0.39 is 5.43 Å². The summed E-state index contributed by atoms with van der Waals surface area (Å²) in [7, 11) is 0. The number of halogens is 2. The van der Waals surface area contributed by atoms with Crippen molar-refractivity contribution < 1.29 is 9.53 Å². The Balaban J connectivity index is 3.13. The number of aryl methyl sites for hydroxylation is 2. The molecule has 0 unspecified atom stereocenters. The molecule has 0 N–H and O–H groups in total. The minimum Gasteiger partial charge on any atom is -0.414 e. The highest BCUT2D eigenvalue weighted by Gasteiger charge is 2.08. The van der Waals surface area contributed by atoms with Crippen LogP contribution in [-0.2, 0) is 0 Å². The van der Waals surface area contributed by atoms with Gasteiger partial charge in [0.25, 0.3) is 0 Å². The summed E-state index contributed by atoms with van der Waals surface area (Å²) in [6.07, 6.45) is 0. The molecule has 0 atom stereocenters. The van der Waals surface area contributed by atoms with E-state index in [9.17, 15) is 4.79 Å². The zero-order chi connectivity index (χ0) is 10.0. The molecule has 0 bridgehead atoms. The molecule has 0 amide bonds. The van der Waals surface area contributed by atoms with Gasteiger partial charge < -0.3 is 4.74 Å². The number of carbonyl (C=O) groups excluding carboxylic acids is 1. The highest BCUT2D eigenvalue weighted by Crippen LogP contribution is 2.27. The molecule has 0 radical (unpaired) electrons. The van der Waals surface area contributed by atoms with E-state index >= 15 is 0 Å². The Kier molecular flexibility index (Phi) is 3.17. The van der Waals surface area contributed by atoms with Crippen molar-refractivity contribution in [1.82, 2.24) is 0 Å². The van der Waals surface area contributed by atoms with E-state index in [4.69, 9.17) is 27.9 Å². The fourth-order valence-electron chi connectivity index (χ4n) is 1.14. The van der Waals surface area contributed by atoms with E-state index in [1.54, 1.807) is 26.0 Å². The molecule has 0 aliphatic rings. The van der Waals surface area contributed by atoms with Crippen LogP contribution in [0.5, 0.6) is 5.75 Å². The van der Waals surface area contributed by atoms with Crippen molar-refractivity contribution in [3.8, 4) is 5.75 Å². The Labute approximate surface area is 86.4 Å². The van der Waals surface area contributed by atoms with Gasteiger partial charge in [-0.15, -0.1) is 0 Å². The summed E-state index contributed by atoms with van der Waals surface area (Å²) in [6, 6.07) is 3.42. The predicted molar refractivity (Wildman–Crippen MR) is 52.8 cm³/mol. The molecule has 0 aliphatic heterocycles. The minimum atomic E-state index is -0.839. The highest BCUT2D eigenvalue weighted by molar-refractivity contribution is 6.61. The summed E-state index contributed by atoms with van der Waals surface area (Å²) >= 11 is 10.9. The van der Waals surface area contributed by atoms with Gasteiger partial charge in [0, 0.05) is 16.6 Å². The van der Waals surface area contributed by atoms with E-state index in [0.717, 1.165) is 11.1 Å². The summed E-state index contributed by atoms with van der Waals surface area (Å²) < 4.78 is 4.80. The summed E-state index contributed by atoms with van der Waals surface area (Å²) in [6.45, 7) is 3.60. The molecular formula is C9H8Cl2O2. The first-order valence-corrected chi connectivity index (χ1v) is 4.40. The Morgan fingerprint density at radius 2 is 1.77 bits per heavy atom. The molecule has 0 aromatic heterocycles. The second-order valence-electron chi connectivity index (χ2n) is 2.71. The largest absolute Gasteiger partial charge is 0.414 e. The first-order chi connectivity index (χ1) is 6.00. The van der Waals surface area contributed by atoms with Crippen molar-refractivity contribution in [3.05, 3.63) is 28.3 Å². The average Bonchev–Trinajstić information content (AvgIpc) is 1.96. The molecule has 4 heteroatoms. The minimum absolute atomic E-state index is 0.476. The second kappa shape index (κ2) is 3.99. The van der Waals surface area contributed by atoms with Crippen LogP contribution in [-0.4, -0.2) is 5.43 Å². The molecule has 0 saturated heterocycles. The van der Waals surface area contributed by atoms with E-state index in [2.05, 4.69) is 0 Å². The van der Waals surface area contributed by atoms with Gasteiger partial charge in [0.15, 0.2) is 0 Å². The Hall–Kier alpha value is -0.730. The monoisotopic (exact) mass is 218 g/mol. The maximum Gasteiger partial charge on any atom is 0.409 e. The highest BCUT2D eigenvalue weighted by atomic mass is 35.5. The molecule has 0 fully saturated rings. The number of benzene rings is 1. The summed E-state index contributed by atoms with van der Waals surface area (Å²) in [5.41, 5.74) is 0.742. The molecular weight excluding hydrogens is 211 g/mol. The smallest absolute Gasteiger partial charge is 0.409 e. The third-order valence-electron chi connectivity index (χ3n) is 1.61. The van der Waals surface area contributed by atoms with Crippen molar-refractivity contribution in [1.29, 1.82) is 0 Å². The third-order valence-corrected chi connectivity index (χ3v) is 1.90. The Morgan fingerprint density at radius 3 is 2.15 bits per heavy atom. The van der Waals surface area contributed by atoms with E-state index in [0.29, 0.717) is 10.8 Å². The molecule has 0 aliphatic carbocycles. The molecule has 13 heavy (non-hydrogen) atoms. The predicted octanol–water partition coefficient (Wildman–Crippen LogP) is 3.69. The van der Waals surface area contributed by atoms with Gasteiger partial charge in [-0.05, 0) is 37.1 Å². The van der Waals surface area contributed by atoms with Crippen molar-refractivity contribution in [2.24, 2.45) is 0 Å². The van der Waals surface area contributed by atoms with Crippen LogP contribution >= 0.6 is 23.2 Å². The fraction of sp³-hybridized carbons (Fsp3) is 0.222. The van der Waals surface area contributed by atoms with E-state index in [-0.39, 0.29) is 0 Å². The zero-order valence-corrected chi connectivity index (χ0v) is 8.74. The topological polar surface area (TPSA) is 26.3 Å². The van der Waals surface area contributed by atoms with Crippen LogP contribution in [0.15, 0.2) is 12.1 Å². The van der Waals surface area contributed by atoms with Crippen molar-refractivity contribution in [2.45, 2.75) is 13.8 Å². The van der Waals surface area contributed by atoms with Crippen LogP contribution in [0.4, 0.5) is 4.79 Å². The van der Waals surface area contributed by atoms with Gasteiger partial charge in [-0.2, -0.15) is 0 Å². The van der Waals surface area contributed by atoms with Crippen LogP contribution in [0.25, 0.3) is 0 Å². The molecule has 0 saturated carbocycles. The third kappa shape index (κ3) is 2.61. The quantitative estimate of drug-likeness (QED) is 0.673. The number of hydrogen-bond acceptors (Lipinski definition) is 2. The standard InChI is InChI=1S/C9H8Cl2O2/c1-5-3-7(10)4-6(2)8(5)13-9(11)12/h3-4H,1-2H3. The molecule has 2 nitrogen and oxygen atoms in total. The first kappa shape index (κ1) is 10.4. The second-order valence-corrected chi connectivity index (χ2v) is 3.45. The Bertz CT molecular complexity index is 324. The van der Waals surface area contributed by atoms with Gasteiger partial charge >= 0.3 is 5.43 Å². The lowest BCUT2D eigenvalue weighted by Crippen LogP contribution is -2.00. The summed E-state index contributed by atoms with van der Waals surface area (Å²) in [5.74, 6) is 0.476. The molecule has 0 spiro atoms. The van der Waals surface area contributed by atoms with Gasteiger partial charge in [0.05, 0.1) is 0 Å². The maximum absolute atomic E-state index is 10.5. The normalized spacial score (nSPS) is 9.85. The number of hydrogen-bond donors (Lipinski definition) is 0. The lowest BCUT2D eigenvalue weighted by Gasteiger charge is -2.08. The summed E-state index contributed by atoms with van der Waals surface area (Å²) in [5, 5.41) is 0.615. The molecule has 1 aromatic rings. The van der Waals surface area contributed by atoms with E-state index in [1.165, 1.54) is 0 Å². The van der Waals surface area contributed by atoms with Gasteiger partial charge in [-0.1, -0.05) is 11.6 Å².